The molecule has 2 heterocycles. The van der Waals surface area contributed by atoms with E-state index in [4.69, 9.17) is 0 Å². The van der Waals surface area contributed by atoms with Crippen LogP contribution in [0, 0.1) is 18.8 Å². The number of rotatable bonds is 10. The molecule has 2 aliphatic carbocycles. The average Bonchev–Trinajstić information content (AvgIpc) is 3.86. The third-order valence-corrected chi connectivity index (χ3v) is 7.74. The molecule has 0 amide bonds. The third-order valence-electron chi connectivity index (χ3n) is 7.74. The lowest BCUT2D eigenvalue weighted by Gasteiger charge is -2.31. The minimum atomic E-state index is -4.95. The Balaban J connectivity index is 1.43. The van der Waals surface area contributed by atoms with Crippen molar-refractivity contribution in [1.82, 2.24) is 25.6 Å². The Hall–Kier alpha value is -3.90. The quantitative estimate of drug-likeness (QED) is 0.202. The van der Waals surface area contributed by atoms with E-state index in [0.29, 0.717) is 11.8 Å². The summed E-state index contributed by atoms with van der Waals surface area (Å²) < 4.78 is 81.6. The summed E-state index contributed by atoms with van der Waals surface area (Å²) in [4.78, 5) is 8.59. The molecular weight excluding hydrogens is 560 g/mol. The number of halogens is 6. The molecule has 0 atom stereocenters. The van der Waals surface area contributed by atoms with Gasteiger partial charge < -0.3 is 9.80 Å². The van der Waals surface area contributed by atoms with Gasteiger partial charge in [-0.2, -0.15) is 31.6 Å². The van der Waals surface area contributed by atoms with E-state index < -0.39 is 23.5 Å². The predicted molar refractivity (Wildman–Crippen MR) is 145 cm³/mol. The Bertz CT molecular complexity index is 1510. The zero-order chi connectivity index (χ0) is 29.6. The molecule has 0 radical (unpaired) electrons. The molecule has 4 aromatic rings. The fraction of sp³-hybridized carbons (Fsp3) is 0.448. The fourth-order valence-corrected chi connectivity index (χ4v) is 5.33. The van der Waals surface area contributed by atoms with Crippen LogP contribution in [0.3, 0.4) is 0 Å². The normalized spacial score (nSPS) is 15.8. The predicted octanol–water partition coefficient (Wildman–Crippen LogP) is 6.93. The van der Waals surface area contributed by atoms with Crippen LogP contribution in [0.2, 0.25) is 0 Å². The van der Waals surface area contributed by atoms with E-state index >= 15 is 0 Å². The van der Waals surface area contributed by atoms with Crippen molar-refractivity contribution in [2.24, 2.45) is 11.8 Å². The maximum Gasteiger partial charge on any atom is 0.416 e. The van der Waals surface area contributed by atoms with E-state index in [1.54, 1.807) is 6.20 Å². The summed E-state index contributed by atoms with van der Waals surface area (Å²) in [5.41, 5.74) is 0.709. The summed E-state index contributed by atoms with van der Waals surface area (Å²) in [5.74, 6) is 1.22. The number of benzene rings is 2. The number of anilines is 2. The molecular formula is C29H29F6N7. The van der Waals surface area contributed by atoms with Crippen LogP contribution in [0.25, 0.3) is 10.9 Å². The lowest BCUT2D eigenvalue weighted by molar-refractivity contribution is -0.143. The molecule has 1 N–H and O–H groups in total. The van der Waals surface area contributed by atoms with Crippen LogP contribution in [0.15, 0.2) is 42.6 Å². The van der Waals surface area contributed by atoms with Gasteiger partial charge in [-0.15, -0.1) is 5.10 Å². The van der Waals surface area contributed by atoms with Crippen molar-refractivity contribution in [2.45, 2.75) is 58.0 Å². The first-order chi connectivity index (χ1) is 19.9. The minimum Gasteiger partial charge on any atom is -0.370 e. The second-order valence-electron chi connectivity index (χ2n) is 11.4. The van der Waals surface area contributed by atoms with Gasteiger partial charge in [0.25, 0.3) is 5.95 Å². The molecule has 0 saturated heterocycles. The van der Waals surface area contributed by atoms with Crippen molar-refractivity contribution in [2.75, 3.05) is 22.9 Å². The van der Waals surface area contributed by atoms with Crippen LogP contribution in [0.4, 0.5) is 38.0 Å². The Morgan fingerprint density at radius 3 is 2.02 bits per heavy atom. The monoisotopic (exact) mass is 589 g/mol. The molecule has 0 unspecified atom stereocenters. The van der Waals surface area contributed by atoms with E-state index in [1.807, 2.05) is 19.1 Å². The van der Waals surface area contributed by atoms with Crippen molar-refractivity contribution in [3.05, 3.63) is 70.4 Å². The van der Waals surface area contributed by atoms with Crippen LogP contribution in [-0.2, 0) is 25.4 Å². The molecule has 42 heavy (non-hydrogen) atoms. The SMILES string of the molecule is Cc1ccc2ncc(CN(Cc3cc(C(F)(F)F)cc(C(F)(F)F)c3)c3nn[nH]n3)c(N(CC3CC3)CC3CC3)c2c1. The first kappa shape index (κ1) is 28.2. The van der Waals surface area contributed by atoms with Crippen molar-refractivity contribution in [3.63, 3.8) is 0 Å². The van der Waals surface area contributed by atoms with Gasteiger partial charge in [0, 0.05) is 43.3 Å². The number of pyridine rings is 1. The van der Waals surface area contributed by atoms with Gasteiger partial charge in [-0.05, 0) is 85.6 Å². The topological polar surface area (TPSA) is 73.8 Å². The number of aromatic nitrogens is 5. The van der Waals surface area contributed by atoms with Gasteiger partial charge in [0.15, 0.2) is 0 Å². The first-order valence-corrected chi connectivity index (χ1v) is 13.8. The molecule has 2 fully saturated rings. The minimum absolute atomic E-state index is 0.0483. The summed E-state index contributed by atoms with van der Waals surface area (Å²) in [6, 6.07) is 7.62. The maximum absolute atomic E-state index is 13.6. The Kier molecular flexibility index (Phi) is 7.22. The van der Waals surface area contributed by atoms with Crippen LogP contribution in [-0.4, -0.2) is 38.7 Å². The molecule has 13 heteroatoms. The molecule has 0 bridgehead atoms. The van der Waals surface area contributed by atoms with E-state index in [9.17, 15) is 26.3 Å². The van der Waals surface area contributed by atoms with Crippen LogP contribution >= 0.6 is 0 Å². The van der Waals surface area contributed by atoms with Crippen LogP contribution < -0.4 is 9.80 Å². The standard InChI is InChI=1S/C29H29F6N7/c1-17-2-7-25-24(8-17)26(41(13-18-3-4-18)14-19-5-6-19)21(12-36-25)16-42(27-37-39-40-38-27)15-20-9-22(28(30,31)32)11-23(10-20)29(33,34)35/h2,7-12,18-19H,3-6,13-16H2,1H3,(H,37,38,39,40). The van der Waals surface area contributed by atoms with E-state index in [2.05, 4.69) is 36.6 Å². The maximum atomic E-state index is 13.6. The number of aryl methyl sites for hydroxylation is 1. The molecule has 2 saturated carbocycles. The van der Waals surface area contributed by atoms with Crippen molar-refractivity contribution < 1.29 is 26.3 Å². The second-order valence-corrected chi connectivity index (χ2v) is 11.4. The number of hydrogen-bond donors (Lipinski definition) is 1. The summed E-state index contributed by atoms with van der Waals surface area (Å²) in [6.07, 6.45) is -3.54. The zero-order valence-electron chi connectivity index (χ0n) is 22.8. The molecule has 0 spiro atoms. The number of hydrogen-bond acceptors (Lipinski definition) is 6. The summed E-state index contributed by atoms with van der Waals surface area (Å²) in [6.45, 7) is 3.53. The van der Waals surface area contributed by atoms with Gasteiger partial charge >= 0.3 is 12.4 Å². The number of nitrogens with one attached hydrogen (secondary N) is 1. The molecule has 2 aromatic heterocycles. The van der Waals surface area contributed by atoms with Gasteiger partial charge in [-0.25, -0.2) is 0 Å². The van der Waals surface area contributed by atoms with Crippen LogP contribution in [0.1, 0.15) is 53.5 Å². The van der Waals surface area contributed by atoms with Crippen molar-refractivity contribution >= 4 is 22.5 Å². The summed E-state index contributed by atoms with van der Waals surface area (Å²) in [7, 11) is 0. The highest BCUT2D eigenvalue weighted by molar-refractivity contribution is 5.94. The highest BCUT2D eigenvalue weighted by Crippen LogP contribution is 2.41. The van der Waals surface area contributed by atoms with Gasteiger partial charge in [0.05, 0.1) is 22.3 Å². The number of tetrazole rings is 1. The molecule has 0 aliphatic heterocycles. The van der Waals surface area contributed by atoms with E-state index in [-0.39, 0.29) is 30.7 Å². The zero-order valence-corrected chi connectivity index (χ0v) is 22.8. The molecule has 222 valence electrons. The molecule has 2 aliphatic rings. The molecule has 2 aromatic carbocycles. The lowest BCUT2D eigenvalue weighted by atomic mass is 10.0. The van der Waals surface area contributed by atoms with Gasteiger partial charge in [-0.1, -0.05) is 16.7 Å². The Morgan fingerprint density at radius 1 is 0.833 bits per heavy atom. The molecule has 7 nitrogen and oxygen atoms in total. The van der Waals surface area contributed by atoms with Gasteiger partial charge in [0.2, 0.25) is 0 Å². The van der Waals surface area contributed by atoms with E-state index in [1.165, 1.54) is 4.90 Å². The number of alkyl halides is 6. The Labute approximate surface area is 237 Å². The first-order valence-electron chi connectivity index (χ1n) is 13.8. The van der Waals surface area contributed by atoms with Gasteiger partial charge in [-0.3, -0.25) is 4.98 Å². The highest BCUT2D eigenvalue weighted by atomic mass is 19.4. The fourth-order valence-electron chi connectivity index (χ4n) is 5.33. The van der Waals surface area contributed by atoms with Crippen LogP contribution in [0.5, 0.6) is 0 Å². The summed E-state index contributed by atoms with van der Waals surface area (Å²) >= 11 is 0. The number of aromatic amines is 1. The smallest absolute Gasteiger partial charge is 0.370 e. The van der Waals surface area contributed by atoms with E-state index in [0.717, 1.165) is 78.6 Å². The third kappa shape index (κ3) is 6.44. The number of H-pyrrole nitrogens is 1. The summed E-state index contributed by atoms with van der Waals surface area (Å²) in [5, 5.41) is 14.9. The lowest BCUT2D eigenvalue weighted by Crippen LogP contribution is -2.31. The highest BCUT2D eigenvalue weighted by Gasteiger charge is 2.37. The molecule has 6 rings (SSSR count). The largest absolute Gasteiger partial charge is 0.416 e. The van der Waals surface area contributed by atoms with Gasteiger partial charge in [0.1, 0.15) is 0 Å². The number of nitrogens with zero attached hydrogens (tertiary/aromatic N) is 6. The second kappa shape index (κ2) is 10.7. The Morgan fingerprint density at radius 2 is 1.48 bits per heavy atom. The average molecular weight is 590 g/mol. The number of fused-ring (bicyclic) bond motifs is 1. The van der Waals surface area contributed by atoms with Crippen molar-refractivity contribution in [1.29, 1.82) is 0 Å². The van der Waals surface area contributed by atoms with Crippen molar-refractivity contribution in [3.8, 4) is 0 Å².